The zero-order valence-electron chi connectivity index (χ0n) is 18.7. The number of rotatable bonds is 6. The molecule has 1 aliphatic rings. The predicted octanol–water partition coefficient (Wildman–Crippen LogP) is 6.96. The van der Waals surface area contributed by atoms with Crippen LogP contribution in [-0.2, 0) is 17.9 Å². The number of amides is 2. The number of carbonyl (C=O) groups is 2. The fourth-order valence-corrected chi connectivity index (χ4v) is 4.74. The van der Waals surface area contributed by atoms with E-state index in [0.29, 0.717) is 11.5 Å². The van der Waals surface area contributed by atoms with Gasteiger partial charge in [0.15, 0.2) is 0 Å². The Kier molecular flexibility index (Phi) is 6.19. The van der Waals surface area contributed by atoms with Gasteiger partial charge in [-0.1, -0.05) is 72.8 Å². The zero-order valence-corrected chi connectivity index (χ0v) is 19.5. The number of aryl methyl sites for hydroxylation is 1. The van der Waals surface area contributed by atoms with Crippen LogP contribution in [0.15, 0.2) is 95.9 Å². The van der Waals surface area contributed by atoms with E-state index in [1.54, 1.807) is 6.08 Å². The molecule has 0 spiro atoms. The molecule has 4 aromatic carbocycles. The molecule has 0 N–H and O–H groups in total. The maximum atomic E-state index is 12.9. The molecule has 4 nitrogen and oxygen atoms in total. The lowest BCUT2D eigenvalue weighted by Gasteiger charge is -2.13. The van der Waals surface area contributed by atoms with E-state index < -0.39 is 0 Å². The van der Waals surface area contributed by atoms with Gasteiger partial charge in [0.2, 0.25) is 0 Å². The van der Waals surface area contributed by atoms with Crippen LogP contribution in [-0.4, -0.2) is 16.0 Å². The molecule has 1 saturated heterocycles. The topological polar surface area (TPSA) is 46.6 Å². The van der Waals surface area contributed by atoms with Crippen LogP contribution in [0.5, 0.6) is 5.75 Å². The predicted molar refractivity (Wildman–Crippen MR) is 137 cm³/mol. The van der Waals surface area contributed by atoms with Crippen molar-refractivity contribution in [1.82, 2.24) is 4.90 Å². The van der Waals surface area contributed by atoms with Crippen LogP contribution in [0.1, 0.15) is 22.3 Å². The highest BCUT2D eigenvalue weighted by atomic mass is 32.2. The molecule has 0 unspecified atom stereocenters. The van der Waals surface area contributed by atoms with Gasteiger partial charge in [-0.05, 0) is 76.0 Å². The number of fused-ring (bicyclic) bond motifs is 1. The summed E-state index contributed by atoms with van der Waals surface area (Å²) < 4.78 is 5.89. The molecule has 5 heteroatoms. The van der Waals surface area contributed by atoms with E-state index >= 15 is 0 Å². The summed E-state index contributed by atoms with van der Waals surface area (Å²) in [6.45, 7) is 2.83. The number of nitrogens with zero attached hydrogens (tertiary/aromatic N) is 1. The molecule has 0 aliphatic carbocycles. The highest BCUT2D eigenvalue weighted by Gasteiger charge is 2.35. The lowest BCUT2D eigenvalue weighted by atomic mass is 10.1. The maximum Gasteiger partial charge on any atom is 0.293 e. The first-order valence-electron chi connectivity index (χ1n) is 11.1. The Morgan fingerprint density at radius 1 is 0.853 bits per heavy atom. The smallest absolute Gasteiger partial charge is 0.293 e. The summed E-state index contributed by atoms with van der Waals surface area (Å²) in [6.07, 6.45) is 1.76. The number of imide groups is 1. The van der Waals surface area contributed by atoms with Gasteiger partial charge < -0.3 is 4.74 Å². The molecule has 0 radical (unpaired) electrons. The average molecular weight is 466 g/mol. The van der Waals surface area contributed by atoms with Crippen molar-refractivity contribution in [1.29, 1.82) is 0 Å². The second-order valence-electron chi connectivity index (χ2n) is 8.23. The van der Waals surface area contributed by atoms with Crippen molar-refractivity contribution >= 4 is 39.8 Å². The van der Waals surface area contributed by atoms with E-state index in [-0.39, 0.29) is 17.7 Å². The summed E-state index contributed by atoms with van der Waals surface area (Å²) in [5.74, 6) is 0.493. The van der Waals surface area contributed by atoms with Gasteiger partial charge in [0.05, 0.1) is 11.4 Å². The highest BCUT2D eigenvalue weighted by molar-refractivity contribution is 8.18. The minimum atomic E-state index is -0.261. The molecule has 1 heterocycles. The van der Waals surface area contributed by atoms with E-state index in [4.69, 9.17) is 4.74 Å². The molecule has 1 aliphatic heterocycles. The molecule has 1 fully saturated rings. The van der Waals surface area contributed by atoms with Crippen LogP contribution in [0.3, 0.4) is 0 Å². The minimum Gasteiger partial charge on any atom is -0.489 e. The van der Waals surface area contributed by atoms with Crippen molar-refractivity contribution in [2.24, 2.45) is 0 Å². The summed E-state index contributed by atoms with van der Waals surface area (Å²) in [5.41, 5.74) is 4.11. The van der Waals surface area contributed by atoms with Gasteiger partial charge in [0.25, 0.3) is 11.1 Å². The summed E-state index contributed by atoms with van der Waals surface area (Å²) in [5, 5.41) is 1.97. The molecule has 0 saturated carbocycles. The Morgan fingerprint density at radius 2 is 1.59 bits per heavy atom. The van der Waals surface area contributed by atoms with E-state index in [0.717, 1.165) is 45.0 Å². The number of carbonyl (C=O) groups excluding carboxylic acids is 2. The Hall–Kier alpha value is -3.83. The second kappa shape index (κ2) is 9.57. The Bertz CT molecular complexity index is 1410. The zero-order chi connectivity index (χ0) is 23.5. The van der Waals surface area contributed by atoms with Crippen molar-refractivity contribution in [3.63, 3.8) is 0 Å². The Balaban J connectivity index is 1.26. The van der Waals surface area contributed by atoms with Gasteiger partial charge in [-0.15, -0.1) is 0 Å². The van der Waals surface area contributed by atoms with E-state index in [1.807, 2.05) is 78.9 Å². The number of hydrogen-bond acceptors (Lipinski definition) is 4. The molecule has 0 atom stereocenters. The first-order valence-corrected chi connectivity index (χ1v) is 11.9. The quantitative estimate of drug-likeness (QED) is 0.289. The second-order valence-corrected chi connectivity index (χ2v) is 9.23. The fourth-order valence-electron chi connectivity index (χ4n) is 3.90. The normalized spacial score (nSPS) is 14.9. The SMILES string of the molecule is Cc1ccccc1COc1ccc(/C=C2\SC(=O)N(Cc3ccc4ccccc4c3)C2=O)cc1. The van der Waals surface area contributed by atoms with Crippen molar-refractivity contribution < 1.29 is 14.3 Å². The molecule has 0 bridgehead atoms. The molecule has 168 valence electrons. The Labute approximate surface area is 202 Å². The van der Waals surface area contributed by atoms with Crippen molar-refractivity contribution in [3.05, 3.63) is 118 Å². The fraction of sp³-hybridized carbons (Fsp3) is 0.103. The molecule has 34 heavy (non-hydrogen) atoms. The molecule has 0 aromatic heterocycles. The minimum absolute atomic E-state index is 0.248. The van der Waals surface area contributed by atoms with Crippen LogP contribution in [0.4, 0.5) is 4.79 Å². The van der Waals surface area contributed by atoms with Crippen LogP contribution in [0.25, 0.3) is 16.8 Å². The maximum absolute atomic E-state index is 12.9. The van der Waals surface area contributed by atoms with Crippen molar-refractivity contribution in [2.75, 3.05) is 0 Å². The molecule has 4 aromatic rings. The molecule has 5 rings (SSSR count). The van der Waals surface area contributed by atoms with Gasteiger partial charge in [0.1, 0.15) is 12.4 Å². The van der Waals surface area contributed by atoms with Crippen LogP contribution in [0, 0.1) is 6.92 Å². The van der Waals surface area contributed by atoms with Gasteiger partial charge in [-0.2, -0.15) is 0 Å². The molecular formula is C29H23NO3S. The van der Waals surface area contributed by atoms with Crippen LogP contribution < -0.4 is 4.74 Å². The van der Waals surface area contributed by atoms with E-state index in [2.05, 4.69) is 19.1 Å². The van der Waals surface area contributed by atoms with Crippen LogP contribution >= 0.6 is 11.8 Å². The third kappa shape index (κ3) is 4.75. The summed E-state index contributed by atoms with van der Waals surface area (Å²) >= 11 is 0.980. The largest absolute Gasteiger partial charge is 0.489 e. The molecule has 2 amide bonds. The average Bonchev–Trinajstić information content (AvgIpc) is 3.11. The molecular weight excluding hydrogens is 442 g/mol. The van der Waals surface area contributed by atoms with Crippen LogP contribution in [0.2, 0.25) is 0 Å². The monoisotopic (exact) mass is 465 g/mol. The summed E-state index contributed by atoms with van der Waals surface area (Å²) in [7, 11) is 0. The van der Waals surface area contributed by atoms with Crippen molar-refractivity contribution in [2.45, 2.75) is 20.1 Å². The highest BCUT2D eigenvalue weighted by Crippen LogP contribution is 2.34. The van der Waals surface area contributed by atoms with E-state index in [9.17, 15) is 9.59 Å². The third-order valence-electron chi connectivity index (χ3n) is 5.86. The lowest BCUT2D eigenvalue weighted by molar-refractivity contribution is -0.123. The van der Waals surface area contributed by atoms with Gasteiger partial charge in [-0.3, -0.25) is 14.5 Å². The Morgan fingerprint density at radius 3 is 2.38 bits per heavy atom. The standard InChI is InChI=1S/C29H23NO3S/c1-20-6-2-3-9-25(20)19-33-26-14-11-21(12-15-26)17-27-28(31)30(29(32)34-27)18-22-10-13-23-7-4-5-8-24(23)16-22/h2-17H,18-19H2,1H3/b27-17-. The third-order valence-corrected chi connectivity index (χ3v) is 6.77. The van der Waals surface area contributed by atoms with Gasteiger partial charge in [0, 0.05) is 0 Å². The lowest BCUT2D eigenvalue weighted by Crippen LogP contribution is -2.27. The summed E-state index contributed by atoms with van der Waals surface area (Å²) in [6, 6.07) is 29.7. The van der Waals surface area contributed by atoms with E-state index in [1.165, 1.54) is 10.5 Å². The summed E-state index contributed by atoms with van der Waals surface area (Å²) in [4.78, 5) is 27.2. The number of hydrogen-bond donors (Lipinski definition) is 0. The van der Waals surface area contributed by atoms with Gasteiger partial charge >= 0.3 is 0 Å². The first kappa shape index (κ1) is 22.0. The number of benzene rings is 4. The van der Waals surface area contributed by atoms with Gasteiger partial charge in [-0.25, -0.2) is 0 Å². The first-order chi connectivity index (χ1) is 16.6. The number of ether oxygens (including phenoxy) is 1. The number of thioether (sulfide) groups is 1. The van der Waals surface area contributed by atoms with Crippen molar-refractivity contribution in [3.8, 4) is 5.75 Å².